The Morgan fingerprint density at radius 1 is 0.941 bits per heavy atom. The second-order valence-corrected chi connectivity index (χ2v) is 5.02. The normalized spacial score (nSPS) is 11.9. The Kier molecular flexibility index (Phi) is 10.7. The zero-order valence-electron chi connectivity index (χ0n) is 12.2. The molecule has 0 aliphatic carbocycles. The van der Waals surface area contributed by atoms with Gasteiger partial charge in [0, 0.05) is 12.2 Å². The minimum Gasteiger partial charge on any atom is -0.405 e. The summed E-state index contributed by atoms with van der Waals surface area (Å²) >= 11 is 0. The molecule has 0 N–H and O–H groups in total. The van der Waals surface area contributed by atoms with Gasteiger partial charge in [-0.15, -0.1) is 0 Å². The minimum atomic E-state index is -0.193. The molecule has 17 heavy (non-hydrogen) atoms. The highest BCUT2D eigenvalue weighted by atomic mass is 16.6. The predicted octanol–water partition coefficient (Wildman–Crippen LogP) is 4.39. The lowest BCUT2D eigenvalue weighted by Crippen LogP contribution is -2.27. The molecule has 0 atom stereocenters. The summed E-state index contributed by atoms with van der Waals surface area (Å²) in [6, 6.07) is 0. The molecule has 0 rings (SSSR count). The second-order valence-electron chi connectivity index (χ2n) is 5.02. The quantitative estimate of drug-likeness (QED) is 0.416. The first-order valence-electron chi connectivity index (χ1n) is 7.03. The van der Waals surface area contributed by atoms with Crippen molar-refractivity contribution in [2.24, 2.45) is 0 Å². The summed E-state index contributed by atoms with van der Waals surface area (Å²) in [6.45, 7) is 10.4. The standard InChI is InChI=1S/C14H29BO2/c1-6-7-8-9-10-11-12-15(16-13(2)3)17-14(4)5/h11-14H,6-10H2,1-5H3/b12-11-. The van der Waals surface area contributed by atoms with Crippen molar-refractivity contribution >= 4 is 7.12 Å². The lowest BCUT2D eigenvalue weighted by atomic mass is 9.88. The molecule has 0 saturated carbocycles. The number of hydrogen-bond donors (Lipinski definition) is 0. The maximum atomic E-state index is 5.68. The molecule has 0 aromatic carbocycles. The summed E-state index contributed by atoms with van der Waals surface area (Å²) in [5.74, 6) is 2.05. The molecule has 0 spiro atoms. The maximum Gasteiger partial charge on any atom is 0.486 e. The summed E-state index contributed by atoms with van der Waals surface area (Å²) in [7, 11) is -0.193. The van der Waals surface area contributed by atoms with Gasteiger partial charge in [0.25, 0.3) is 0 Å². The van der Waals surface area contributed by atoms with Crippen LogP contribution in [0.2, 0.25) is 0 Å². The largest absolute Gasteiger partial charge is 0.486 e. The molecule has 0 heterocycles. The molecule has 100 valence electrons. The number of unbranched alkanes of at least 4 members (excludes halogenated alkanes) is 4. The summed E-state index contributed by atoms with van der Waals surface area (Å²) in [6.07, 6.45) is 8.92. The summed E-state index contributed by atoms with van der Waals surface area (Å²) in [5.41, 5.74) is 0. The molecule has 0 aliphatic rings. The first-order valence-corrected chi connectivity index (χ1v) is 7.03. The molecule has 0 radical (unpaired) electrons. The fourth-order valence-corrected chi connectivity index (χ4v) is 1.56. The van der Waals surface area contributed by atoms with E-state index in [1.54, 1.807) is 0 Å². The highest BCUT2D eigenvalue weighted by Crippen LogP contribution is 2.06. The third-order valence-electron chi connectivity index (χ3n) is 2.33. The number of rotatable bonds is 10. The topological polar surface area (TPSA) is 18.5 Å². The van der Waals surface area contributed by atoms with Gasteiger partial charge in [0.05, 0.1) is 0 Å². The molecule has 0 unspecified atom stereocenters. The molecule has 0 fully saturated rings. The van der Waals surface area contributed by atoms with Crippen LogP contribution >= 0.6 is 0 Å². The third kappa shape index (κ3) is 12.0. The van der Waals surface area contributed by atoms with Gasteiger partial charge < -0.3 is 9.31 Å². The van der Waals surface area contributed by atoms with Crippen LogP contribution in [0.15, 0.2) is 12.1 Å². The number of allylic oxidation sites excluding steroid dienone is 1. The van der Waals surface area contributed by atoms with Crippen LogP contribution in [-0.2, 0) is 9.31 Å². The third-order valence-corrected chi connectivity index (χ3v) is 2.33. The molecule has 0 saturated heterocycles. The van der Waals surface area contributed by atoms with Crippen molar-refractivity contribution in [1.29, 1.82) is 0 Å². The summed E-state index contributed by atoms with van der Waals surface area (Å²) < 4.78 is 11.4. The van der Waals surface area contributed by atoms with E-state index in [1.807, 2.05) is 33.7 Å². The van der Waals surface area contributed by atoms with Crippen molar-refractivity contribution in [2.75, 3.05) is 0 Å². The zero-order chi connectivity index (χ0) is 13.1. The van der Waals surface area contributed by atoms with Gasteiger partial charge in [0.15, 0.2) is 0 Å². The molecule has 0 aromatic heterocycles. The molecule has 0 amide bonds. The van der Waals surface area contributed by atoms with Crippen LogP contribution < -0.4 is 0 Å². The van der Waals surface area contributed by atoms with E-state index in [1.165, 1.54) is 25.7 Å². The Bertz CT molecular complexity index is 181. The van der Waals surface area contributed by atoms with Crippen molar-refractivity contribution in [3.05, 3.63) is 12.1 Å². The molecular formula is C14H29BO2. The van der Waals surface area contributed by atoms with Crippen LogP contribution in [0.25, 0.3) is 0 Å². The fraction of sp³-hybridized carbons (Fsp3) is 0.857. The van der Waals surface area contributed by atoms with Gasteiger partial charge in [-0.3, -0.25) is 0 Å². The molecular weight excluding hydrogens is 211 g/mol. The number of hydrogen-bond acceptors (Lipinski definition) is 2. The fourth-order valence-electron chi connectivity index (χ4n) is 1.56. The van der Waals surface area contributed by atoms with Crippen LogP contribution in [0, 0.1) is 0 Å². The Morgan fingerprint density at radius 3 is 2.00 bits per heavy atom. The highest BCUT2D eigenvalue weighted by Gasteiger charge is 2.17. The Hall–Kier alpha value is -0.275. The SMILES string of the molecule is CCCCCC/C=C\B(OC(C)C)OC(C)C. The molecule has 0 aliphatic heterocycles. The van der Waals surface area contributed by atoms with Crippen molar-refractivity contribution in [2.45, 2.75) is 78.9 Å². The lowest BCUT2D eigenvalue weighted by molar-refractivity contribution is 0.138. The van der Waals surface area contributed by atoms with Gasteiger partial charge in [0.1, 0.15) is 0 Å². The van der Waals surface area contributed by atoms with Gasteiger partial charge >= 0.3 is 7.12 Å². The van der Waals surface area contributed by atoms with Crippen molar-refractivity contribution in [1.82, 2.24) is 0 Å². The van der Waals surface area contributed by atoms with Crippen molar-refractivity contribution < 1.29 is 9.31 Å². The van der Waals surface area contributed by atoms with Gasteiger partial charge in [-0.25, -0.2) is 0 Å². The Morgan fingerprint density at radius 2 is 1.53 bits per heavy atom. The van der Waals surface area contributed by atoms with Crippen LogP contribution in [0.4, 0.5) is 0 Å². The average Bonchev–Trinajstić information content (AvgIpc) is 2.21. The van der Waals surface area contributed by atoms with Crippen LogP contribution in [0.1, 0.15) is 66.7 Å². The zero-order valence-corrected chi connectivity index (χ0v) is 12.2. The van der Waals surface area contributed by atoms with Crippen LogP contribution in [-0.4, -0.2) is 19.3 Å². The van der Waals surface area contributed by atoms with Crippen molar-refractivity contribution in [3.8, 4) is 0 Å². The molecule has 3 heteroatoms. The van der Waals surface area contributed by atoms with Gasteiger partial charge in [-0.2, -0.15) is 0 Å². The van der Waals surface area contributed by atoms with Gasteiger partial charge in [0.2, 0.25) is 0 Å². The first kappa shape index (κ1) is 16.7. The minimum absolute atomic E-state index is 0.193. The van der Waals surface area contributed by atoms with E-state index in [-0.39, 0.29) is 19.3 Å². The molecule has 0 bridgehead atoms. The van der Waals surface area contributed by atoms with Gasteiger partial charge in [-0.05, 0) is 40.5 Å². The van der Waals surface area contributed by atoms with Crippen molar-refractivity contribution in [3.63, 3.8) is 0 Å². The first-order chi connectivity index (χ1) is 8.06. The smallest absolute Gasteiger partial charge is 0.405 e. The summed E-state index contributed by atoms with van der Waals surface area (Å²) in [4.78, 5) is 0. The van der Waals surface area contributed by atoms with E-state index < -0.39 is 0 Å². The summed E-state index contributed by atoms with van der Waals surface area (Å²) in [5, 5.41) is 0. The molecule has 2 nitrogen and oxygen atoms in total. The Labute approximate surface area is 108 Å². The average molecular weight is 240 g/mol. The second kappa shape index (κ2) is 10.9. The van der Waals surface area contributed by atoms with E-state index in [0.717, 1.165) is 6.42 Å². The molecule has 0 aromatic rings. The van der Waals surface area contributed by atoms with E-state index in [2.05, 4.69) is 13.0 Å². The van der Waals surface area contributed by atoms with Crippen LogP contribution in [0.5, 0.6) is 0 Å². The van der Waals surface area contributed by atoms with E-state index in [9.17, 15) is 0 Å². The van der Waals surface area contributed by atoms with Crippen LogP contribution in [0.3, 0.4) is 0 Å². The highest BCUT2D eigenvalue weighted by molar-refractivity contribution is 6.50. The maximum absolute atomic E-state index is 5.68. The van der Waals surface area contributed by atoms with E-state index >= 15 is 0 Å². The van der Waals surface area contributed by atoms with Gasteiger partial charge in [-0.1, -0.05) is 38.2 Å². The predicted molar refractivity (Wildman–Crippen MR) is 76.1 cm³/mol. The van der Waals surface area contributed by atoms with E-state index in [0.29, 0.717) is 0 Å². The lowest BCUT2D eigenvalue weighted by Gasteiger charge is -2.16. The monoisotopic (exact) mass is 240 g/mol. The Balaban J connectivity index is 3.83. The van der Waals surface area contributed by atoms with E-state index in [4.69, 9.17) is 9.31 Å².